The number of carbonyl (C=O) groups is 1. The predicted octanol–water partition coefficient (Wildman–Crippen LogP) is -1.15. The van der Waals surface area contributed by atoms with Crippen LogP contribution in [0.1, 0.15) is 11.6 Å². The minimum Gasteiger partial charge on any atom is -0.316 e. The van der Waals surface area contributed by atoms with Gasteiger partial charge in [0.15, 0.2) is 0 Å². The fourth-order valence-corrected chi connectivity index (χ4v) is 1.48. The summed E-state index contributed by atoms with van der Waals surface area (Å²) in [6, 6.07) is 4.11. The van der Waals surface area contributed by atoms with Gasteiger partial charge in [-0.05, 0) is 17.7 Å². The number of fused-ring (bicyclic) bond motifs is 1. The van der Waals surface area contributed by atoms with Crippen LogP contribution < -0.4 is 22.7 Å². The molecule has 1 heterocycles. The summed E-state index contributed by atoms with van der Waals surface area (Å²) in [5, 5.41) is 0. The first-order chi connectivity index (χ1) is 7.61. The summed E-state index contributed by atoms with van der Waals surface area (Å²) in [5.41, 5.74) is 9.16. The normalized spacial score (nSPS) is 12.6. The zero-order chi connectivity index (χ0) is 11.7. The lowest BCUT2D eigenvalue weighted by Crippen LogP contribution is -2.38. The lowest BCUT2D eigenvalue weighted by atomic mass is 10.1. The number of hydrazine groups is 1. The molecule has 0 fully saturated rings. The van der Waals surface area contributed by atoms with Crippen LogP contribution in [0.2, 0.25) is 0 Å². The van der Waals surface area contributed by atoms with Crippen LogP contribution in [0.4, 0.5) is 0 Å². The first-order valence-corrected chi connectivity index (χ1v) is 4.60. The van der Waals surface area contributed by atoms with Crippen LogP contribution in [0.3, 0.4) is 0 Å². The highest BCUT2D eigenvalue weighted by Crippen LogP contribution is 2.15. The van der Waals surface area contributed by atoms with Crippen molar-refractivity contribution in [3.63, 3.8) is 0 Å². The molecule has 0 saturated carbocycles. The van der Waals surface area contributed by atoms with Gasteiger partial charge in [0.2, 0.25) is 0 Å². The van der Waals surface area contributed by atoms with Crippen LogP contribution in [0.5, 0.6) is 0 Å². The molecule has 1 atom stereocenters. The Hall–Kier alpha value is -2.12. The van der Waals surface area contributed by atoms with Crippen molar-refractivity contribution in [1.29, 1.82) is 0 Å². The van der Waals surface area contributed by atoms with E-state index < -0.39 is 11.9 Å². The van der Waals surface area contributed by atoms with Gasteiger partial charge in [0.25, 0.3) is 5.91 Å². The molecule has 7 N–H and O–H groups in total. The van der Waals surface area contributed by atoms with Crippen molar-refractivity contribution in [2.24, 2.45) is 11.6 Å². The van der Waals surface area contributed by atoms with Crippen molar-refractivity contribution in [2.75, 3.05) is 0 Å². The Morgan fingerprint density at radius 3 is 2.69 bits per heavy atom. The molecule has 84 valence electrons. The molecule has 7 heteroatoms. The van der Waals surface area contributed by atoms with Crippen molar-refractivity contribution in [3.8, 4) is 0 Å². The van der Waals surface area contributed by atoms with E-state index >= 15 is 0 Å². The van der Waals surface area contributed by atoms with E-state index in [-0.39, 0.29) is 5.69 Å². The van der Waals surface area contributed by atoms with E-state index in [1.807, 2.05) is 5.43 Å². The van der Waals surface area contributed by atoms with Crippen molar-refractivity contribution in [3.05, 3.63) is 34.2 Å². The molecular weight excluding hydrogens is 210 g/mol. The molecule has 0 aliphatic rings. The molecule has 7 nitrogen and oxygen atoms in total. The van der Waals surface area contributed by atoms with Crippen LogP contribution in [0.25, 0.3) is 11.0 Å². The lowest BCUT2D eigenvalue weighted by Gasteiger charge is -2.09. The van der Waals surface area contributed by atoms with Crippen molar-refractivity contribution < 1.29 is 4.79 Å². The third-order valence-electron chi connectivity index (χ3n) is 2.32. The molecule has 1 aromatic heterocycles. The van der Waals surface area contributed by atoms with Gasteiger partial charge in [-0.2, -0.15) is 0 Å². The molecule has 1 aromatic carbocycles. The highest BCUT2D eigenvalue weighted by molar-refractivity contribution is 5.84. The van der Waals surface area contributed by atoms with Gasteiger partial charge in [-0.3, -0.25) is 10.2 Å². The molecule has 0 bridgehead atoms. The van der Waals surface area contributed by atoms with Crippen LogP contribution in [0.15, 0.2) is 23.0 Å². The van der Waals surface area contributed by atoms with Crippen molar-refractivity contribution in [1.82, 2.24) is 15.4 Å². The Labute approximate surface area is 89.8 Å². The van der Waals surface area contributed by atoms with Gasteiger partial charge in [0.1, 0.15) is 6.04 Å². The number of aromatic nitrogens is 2. The monoisotopic (exact) mass is 221 g/mol. The average molecular weight is 221 g/mol. The number of carbonyl (C=O) groups excluding carboxylic acids is 1. The van der Waals surface area contributed by atoms with E-state index in [9.17, 15) is 9.59 Å². The highest BCUT2D eigenvalue weighted by Gasteiger charge is 2.15. The number of H-pyrrole nitrogens is 2. The highest BCUT2D eigenvalue weighted by atomic mass is 16.2. The van der Waals surface area contributed by atoms with Gasteiger partial charge in [-0.15, -0.1) is 0 Å². The summed E-state index contributed by atoms with van der Waals surface area (Å²) in [7, 11) is 0. The molecular formula is C9H11N5O2. The number of benzene rings is 1. The maximum Gasteiger partial charge on any atom is 0.323 e. The van der Waals surface area contributed by atoms with Gasteiger partial charge >= 0.3 is 5.69 Å². The number of hydrogen-bond donors (Lipinski definition) is 5. The zero-order valence-electron chi connectivity index (χ0n) is 8.28. The van der Waals surface area contributed by atoms with Crippen molar-refractivity contribution in [2.45, 2.75) is 6.04 Å². The van der Waals surface area contributed by atoms with E-state index in [1.54, 1.807) is 18.2 Å². The Balaban J connectivity index is 2.46. The Morgan fingerprint density at radius 1 is 1.31 bits per heavy atom. The first-order valence-electron chi connectivity index (χ1n) is 4.60. The number of hydrogen-bond acceptors (Lipinski definition) is 4. The smallest absolute Gasteiger partial charge is 0.316 e. The molecule has 0 aliphatic heterocycles. The molecule has 2 rings (SSSR count). The van der Waals surface area contributed by atoms with Crippen LogP contribution >= 0.6 is 0 Å². The van der Waals surface area contributed by atoms with Crippen LogP contribution in [-0.4, -0.2) is 15.9 Å². The molecule has 0 spiro atoms. The average Bonchev–Trinajstić information content (AvgIpc) is 2.65. The Morgan fingerprint density at radius 2 is 2.00 bits per heavy atom. The SMILES string of the molecule is NNC(=O)C(N)c1ccc2[nH]c(=O)[nH]c2c1. The number of nitrogens with one attached hydrogen (secondary N) is 3. The van der Waals surface area contributed by atoms with Gasteiger partial charge in [-0.25, -0.2) is 10.6 Å². The number of amides is 1. The van der Waals surface area contributed by atoms with Crippen molar-refractivity contribution >= 4 is 16.9 Å². The van der Waals surface area contributed by atoms with Gasteiger partial charge in [0, 0.05) is 0 Å². The quantitative estimate of drug-likeness (QED) is 0.249. The summed E-state index contributed by atoms with van der Waals surface area (Å²) in [5.74, 6) is 4.49. The Bertz CT molecular complexity index is 585. The minimum atomic E-state index is -0.854. The second kappa shape index (κ2) is 3.80. The lowest BCUT2D eigenvalue weighted by molar-refractivity contribution is -0.122. The predicted molar refractivity (Wildman–Crippen MR) is 58.2 cm³/mol. The number of aromatic amines is 2. The second-order valence-electron chi connectivity index (χ2n) is 3.37. The Kier molecular flexibility index (Phi) is 2.47. The summed E-state index contributed by atoms with van der Waals surface area (Å²) in [6.07, 6.45) is 0. The molecule has 0 radical (unpaired) electrons. The maximum atomic E-state index is 11.2. The molecule has 1 unspecified atom stereocenters. The molecule has 0 aliphatic carbocycles. The van der Waals surface area contributed by atoms with E-state index in [0.717, 1.165) is 0 Å². The fourth-order valence-electron chi connectivity index (χ4n) is 1.48. The number of imidazole rings is 1. The second-order valence-corrected chi connectivity index (χ2v) is 3.37. The summed E-state index contributed by atoms with van der Waals surface area (Å²) < 4.78 is 0. The zero-order valence-corrected chi connectivity index (χ0v) is 8.28. The van der Waals surface area contributed by atoms with E-state index in [1.165, 1.54) is 0 Å². The topological polar surface area (TPSA) is 130 Å². The summed E-state index contributed by atoms with van der Waals surface area (Å²) in [6.45, 7) is 0. The standard InChI is InChI=1S/C9H11N5O2/c10-7(8(15)14-11)4-1-2-5-6(3-4)13-9(16)12-5/h1-3,7H,10-11H2,(H,14,15)(H2,12,13,16). The van der Waals surface area contributed by atoms with E-state index in [0.29, 0.717) is 16.6 Å². The molecule has 0 saturated heterocycles. The third-order valence-corrected chi connectivity index (χ3v) is 2.32. The van der Waals surface area contributed by atoms with Gasteiger partial charge in [-0.1, -0.05) is 6.07 Å². The van der Waals surface area contributed by atoms with E-state index in [4.69, 9.17) is 11.6 Å². The largest absolute Gasteiger partial charge is 0.323 e. The molecule has 2 aromatic rings. The fraction of sp³-hybridized carbons (Fsp3) is 0.111. The summed E-state index contributed by atoms with van der Waals surface area (Å²) in [4.78, 5) is 27.4. The minimum absolute atomic E-state index is 0.302. The van der Waals surface area contributed by atoms with Gasteiger partial charge in [0.05, 0.1) is 11.0 Å². The summed E-state index contributed by atoms with van der Waals surface area (Å²) >= 11 is 0. The first kappa shape index (κ1) is 10.4. The third kappa shape index (κ3) is 1.69. The maximum absolute atomic E-state index is 11.2. The van der Waals surface area contributed by atoms with Crippen LogP contribution in [0, 0.1) is 0 Å². The molecule has 1 amide bonds. The number of rotatable bonds is 2. The van der Waals surface area contributed by atoms with E-state index in [2.05, 4.69) is 9.97 Å². The number of nitrogens with two attached hydrogens (primary N) is 2. The molecule has 16 heavy (non-hydrogen) atoms. The van der Waals surface area contributed by atoms with Crippen LogP contribution in [-0.2, 0) is 4.79 Å². The van der Waals surface area contributed by atoms with Gasteiger partial charge < -0.3 is 15.7 Å².